The molecule has 9 heteroatoms. The Bertz CT molecular complexity index is 815. The lowest BCUT2D eigenvalue weighted by atomic mass is 10.2. The number of rotatable bonds is 6. The Morgan fingerprint density at radius 1 is 1.07 bits per heavy atom. The van der Waals surface area contributed by atoms with Gasteiger partial charge in [-0.3, -0.25) is 4.90 Å². The third-order valence-corrected chi connectivity index (χ3v) is 4.64. The third-order valence-electron chi connectivity index (χ3n) is 4.35. The van der Waals surface area contributed by atoms with E-state index >= 15 is 0 Å². The Kier molecular flexibility index (Phi) is 6.03. The Morgan fingerprint density at radius 3 is 2.19 bits per heavy atom. The van der Waals surface area contributed by atoms with E-state index in [0.717, 1.165) is 13.1 Å². The zero-order chi connectivity index (χ0) is 19.6. The molecule has 2 atom stereocenters. The van der Waals surface area contributed by atoms with Crippen molar-refractivity contribution in [1.82, 2.24) is 14.7 Å². The summed E-state index contributed by atoms with van der Waals surface area (Å²) in [7, 11) is 4.69. The van der Waals surface area contributed by atoms with Crippen LogP contribution in [-0.2, 0) is 11.4 Å². The lowest BCUT2D eigenvalue weighted by Crippen LogP contribution is -2.46. The summed E-state index contributed by atoms with van der Waals surface area (Å²) in [6.45, 7) is 6.31. The van der Waals surface area contributed by atoms with Crippen LogP contribution in [0.2, 0.25) is 0 Å². The number of methoxy groups -OCH3 is 3. The topological polar surface area (TPSA) is 71.1 Å². The Balaban J connectivity index is 1.89. The number of nitrogens with zero attached hydrogens (tertiary/aromatic N) is 3. The first-order valence-corrected chi connectivity index (χ1v) is 9.12. The number of hydrogen-bond donors (Lipinski definition) is 0. The standard InChI is InChI=1S/C18H25N3O5S/c1-11-8-20(9-12(2)25-11)10-21-18(27)26-17(19-21)13-6-14(22-3)16(24-5)15(7-13)23-4/h6-7,11-12H,8-10H2,1-5H3. The fourth-order valence-electron chi connectivity index (χ4n) is 3.31. The fourth-order valence-corrected chi connectivity index (χ4v) is 3.48. The van der Waals surface area contributed by atoms with Gasteiger partial charge in [0.1, 0.15) is 0 Å². The van der Waals surface area contributed by atoms with Crippen LogP contribution in [0.3, 0.4) is 0 Å². The van der Waals surface area contributed by atoms with Crippen molar-refractivity contribution in [2.45, 2.75) is 32.7 Å². The largest absolute Gasteiger partial charge is 0.493 e. The summed E-state index contributed by atoms with van der Waals surface area (Å²) in [4.78, 5) is 2.56. The lowest BCUT2D eigenvalue weighted by molar-refractivity contribution is -0.0778. The summed E-state index contributed by atoms with van der Waals surface area (Å²) in [5, 5.41) is 4.54. The monoisotopic (exact) mass is 395 g/mol. The van der Waals surface area contributed by atoms with E-state index in [0.29, 0.717) is 40.2 Å². The summed E-state index contributed by atoms with van der Waals surface area (Å²) in [5.41, 5.74) is 0.693. The highest BCUT2D eigenvalue weighted by atomic mass is 32.1. The smallest absolute Gasteiger partial charge is 0.288 e. The molecule has 0 N–H and O–H groups in total. The average molecular weight is 395 g/mol. The molecule has 3 rings (SSSR count). The molecule has 0 radical (unpaired) electrons. The highest BCUT2D eigenvalue weighted by Gasteiger charge is 2.23. The van der Waals surface area contributed by atoms with Crippen molar-refractivity contribution >= 4 is 12.2 Å². The second kappa shape index (κ2) is 8.28. The van der Waals surface area contributed by atoms with Crippen LogP contribution in [0.1, 0.15) is 13.8 Å². The molecule has 1 aromatic carbocycles. The molecule has 0 amide bonds. The molecule has 8 nitrogen and oxygen atoms in total. The molecule has 0 aliphatic carbocycles. The van der Waals surface area contributed by atoms with Crippen molar-refractivity contribution in [2.24, 2.45) is 0 Å². The van der Waals surface area contributed by atoms with Gasteiger partial charge in [0.2, 0.25) is 11.6 Å². The van der Waals surface area contributed by atoms with Gasteiger partial charge in [0.05, 0.1) is 40.2 Å². The van der Waals surface area contributed by atoms with E-state index in [4.69, 9.17) is 35.6 Å². The summed E-state index contributed by atoms with van der Waals surface area (Å²) >= 11 is 5.36. The van der Waals surface area contributed by atoms with Gasteiger partial charge in [-0.25, -0.2) is 4.68 Å². The molecular formula is C18H25N3O5S. The van der Waals surface area contributed by atoms with E-state index in [2.05, 4.69) is 23.8 Å². The first-order valence-electron chi connectivity index (χ1n) is 8.71. The van der Waals surface area contributed by atoms with Crippen LogP contribution in [0.5, 0.6) is 17.2 Å². The van der Waals surface area contributed by atoms with E-state index in [1.54, 1.807) is 38.1 Å². The number of ether oxygens (including phenoxy) is 4. The summed E-state index contributed by atoms with van der Waals surface area (Å²) in [6, 6.07) is 3.57. The Morgan fingerprint density at radius 2 is 1.67 bits per heavy atom. The molecule has 1 saturated heterocycles. The van der Waals surface area contributed by atoms with E-state index in [1.807, 2.05) is 0 Å². The van der Waals surface area contributed by atoms with Crippen LogP contribution in [0.25, 0.3) is 11.5 Å². The predicted octanol–water partition coefficient (Wildman–Crippen LogP) is 2.97. The number of benzene rings is 1. The fraction of sp³-hybridized carbons (Fsp3) is 0.556. The van der Waals surface area contributed by atoms with Crippen molar-refractivity contribution in [3.63, 3.8) is 0 Å². The minimum atomic E-state index is 0.171. The van der Waals surface area contributed by atoms with Gasteiger partial charge < -0.3 is 23.4 Å². The zero-order valence-corrected chi connectivity index (χ0v) is 17.0. The van der Waals surface area contributed by atoms with Gasteiger partial charge in [-0.05, 0) is 38.2 Å². The van der Waals surface area contributed by atoms with E-state index in [1.165, 1.54) is 0 Å². The highest BCUT2D eigenvalue weighted by Crippen LogP contribution is 2.40. The van der Waals surface area contributed by atoms with Gasteiger partial charge >= 0.3 is 0 Å². The first-order chi connectivity index (χ1) is 12.9. The summed E-state index contributed by atoms with van der Waals surface area (Å²) in [6.07, 6.45) is 0.341. The molecule has 2 aromatic rings. The molecule has 0 saturated carbocycles. The van der Waals surface area contributed by atoms with Gasteiger partial charge in [-0.2, -0.15) is 0 Å². The quantitative estimate of drug-likeness (QED) is 0.692. The number of hydrogen-bond acceptors (Lipinski definition) is 8. The van der Waals surface area contributed by atoms with E-state index in [9.17, 15) is 0 Å². The first kappa shape index (κ1) is 19.7. The van der Waals surface area contributed by atoms with Crippen LogP contribution >= 0.6 is 12.2 Å². The van der Waals surface area contributed by atoms with Gasteiger partial charge in [-0.15, -0.1) is 5.10 Å². The summed E-state index contributed by atoms with van der Waals surface area (Å²) < 4.78 is 29.3. The minimum Gasteiger partial charge on any atom is -0.493 e. The molecule has 27 heavy (non-hydrogen) atoms. The van der Waals surface area contributed by atoms with Crippen molar-refractivity contribution in [2.75, 3.05) is 34.4 Å². The maximum atomic E-state index is 5.77. The Labute approximate surface area is 163 Å². The Hall–Kier alpha value is -2.10. The molecule has 2 unspecified atom stereocenters. The second-order valence-corrected chi connectivity index (χ2v) is 6.87. The van der Waals surface area contributed by atoms with Gasteiger partial charge in [0.15, 0.2) is 11.5 Å². The maximum absolute atomic E-state index is 5.77. The molecule has 148 valence electrons. The summed E-state index contributed by atoms with van der Waals surface area (Å²) in [5.74, 6) is 1.96. The molecule has 2 heterocycles. The average Bonchev–Trinajstić information content (AvgIpc) is 3.00. The van der Waals surface area contributed by atoms with Gasteiger partial charge in [0, 0.05) is 18.7 Å². The van der Waals surface area contributed by atoms with Crippen molar-refractivity contribution in [3.8, 4) is 28.7 Å². The van der Waals surface area contributed by atoms with Crippen LogP contribution < -0.4 is 14.2 Å². The minimum absolute atomic E-state index is 0.171. The third kappa shape index (κ3) is 4.26. The molecule has 0 bridgehead atoms. The maximum Gasteiger partial charge on any atom is 0.288 e. The normalized spacial score (nSPS) is 20.5. The van der Waals surface area contributed by atoms with E-state index in [-0.39, 0.29) is 12.2 Å². The van der Waals surface area contributed by atoms with Gasteiger partial charge in [-0.1, -0.05) is 0 Å². The number of aromatic nitrogens is 2. The second-order valence-electron chi connectivity index (χ2n) is 6.52. The van der Waals surface area contributed by atoms with Gasteiger partial charge in [0.25, 0.3) is 4.84 Å². The van der Waals surface area contributed by atoms with Crippen molar-refractivity contribution in [3.05, 3.63) is 17.0 Å². The van der Waals surface area contributed by atoms with E-state index < -0.39 is 0 Å². The van der Waals surface area contributed by atoms with Crippen molar-refractivity contribution in [1.29, 1.82) is 0 Å². The molecule has 1 aliphatic heterocycles. The molecular weight excluding hydrogens is 370 g/mol. The van der Waals surface area contributed by atoms with Crippen LogP contribution in [-0.4, -0.2) is 61.3 Å². The zero-order valence-electron chi connectivity index (χ0n) is 16.2. The van der Waals surface area contributed by atoms with Crippen molar-refractivity contribution < 1.29 is 23.4 Å². The molecule has 1 aromatic heterocycles. The van der Waals surface area contributed by atoms with Crippen LogP contribution in [0.15, 0.2) is 16.5 Å². The number of morpholine rings is 1. The van der Waals surface area contributed by atoms with Crippen LogP contribution in [0, 0.1) is 4.84 Å². The SMILES string of the molecule is COc1cc(-c2nn(CN3CC(C)OC(C)C3)c(=S)o2)cc(OC)c1OC. The molecule has 0 spiro atoms. The lowest BCUT2D eigenvalue weighted by Gasteiger charge is -2.34. The highest BCUT2D eigenvalue weighted by molar-refractivity contribution is 7.71. The molecule has 1 aliphatic rings. The predicted molar refractivity (Wildman–Crippen MR) is 102 cm³/mol. The van der Waals surface area contributed by atoms with Crippen LogP contribution in [0.4, 0.5) is 0 Å². The molecule has 1 fully saturated rings.